The molecule has 0 spiro atoms. The van der Waals surface area contributed by atoms with Crippen LogP contribution in [-0.2, 0) is 19.1 Å². The van der Waals surface area contributed by atoms with Crippen molar-refractivity contribution in [1.82, 2.24) is 9.78 Å². The molecule has 1 heterocycles. The number of nitro benzene ring substituents is 1. The third kappa shape index (κ3) is 3.91. The van der Waals surface area contributed by atoms with E-state index < -0.39 is 16.8 Å². The zero-order chi connectivity index (χ0) is 17.9. The van der Waals surface area contributed by atoms with Gasteiger partial charge in [-0.3, -0.25) is 14.8 Å². The number of aliphatic hydroxyl groups excluding tert-OH is 1. The predicted octanol–water partition coefficient (Wildman–Crippen LogP) is 3.09. The van der Waals surface area contributed by atoms with Gasteiger partial charge in [-0.05, 0) is 25.3 Å². The summed E-state index contributed by atoms with van der Waals surface area (Å²) in [5.74, 6) is 0. The summed E-state index contributed by atoms with van der Waals surface area (Å²) in [6, 6.07) is 4.45. The Hall–Kier alpha value is -2.42. The average molecular weight is 343 g/mol. The van der Waals surface area contributed by atoms with Gasteiger partial charge in [0.05, 0.1) is 11.5 Å². The largest absolute Gasteiger partial charge is 0.435 e. The molecular formula is C15H16F3N3O3. The number of halogens is 3. The van der Waals surface area contributed by atoms with Crippen molar-refractivity contribution < 1.29 is 23.2 Å². The van der Waals surface area contributed by atoms with E-state index in [1.165, 1.54) is 18.3 Å². The van der Waals surface area contributed by atoms with E-state index in [9.17, 15) is 23.3 Å². The number of alkyl halides is 3. The SMILES string of the molecule is Cc1c(Cn2cc(CCCO)c(C(F)(F)F)n2)cccc1[N+](=O)[O-]. The van der Waals surface area contributed by atoms with Gasteiger partial charge >= 0.3 is 6.18 Å². The number of hydrogen-bond acceptors (Lipinski definition) is 4. The number of hydrogen-bond donors (Lipinski definition) is 1. The van der Waals surface area contributed by atoms with Gasteiger partial charge in [0.25, 0.3) is 5.69 Å². The molecule has 0 unspecified atom stereocenters. The minimum absolute atomic E-state index is 0.000339. The number of nitro groups is 1. The highest BCUT2D eigenvalue weighted by molar-refractivity contribution is 5.44. The molecular weight excluding hydrogens is 327 g/mol. The number of aromatic nitrogens is 2. The third-order valence-corrected chi connectivity index (χ3v) is 3.66. The van der Waals surface area contributed by atoms with Crippen molar-refractivity contribution >= 4 is 5.69 Å². The quantitative estimate of drug-likeness (QED) is 0.645. The minimum Gasteiger partial charge on any atom is -0.396 e. The van der Waals surface area contributed by atoms with Crippen molar-refractivity contribution in [2.75, 3.05) is 6.61 Å². The maximum atomic E-state index is 13.0. The second kappa shape index (κ2) is 7.00. The molecule has 0 fully saturated rings. The van der Waals surface area contributed by atoms with E-state index in [1.807, 2.05) is 0 Å². The molecule has 24 heavy (non-hydrogen) atoms. The molecule has 0 atom stereocenters. The van der Waals surface area contributed by atoms with E-state index in [1.54, 1.807) is 13.0 Å². The molecule has 1 aromatic carbocycles. The van der Waals surface area contributed by atoms with Crippen LogP contribution in [-0.4, -0.2) is 26.4 Å². The normalized spacial score (nSPS) is 11.7. The van der Waals surface area contributed by atoms with Gasteiger partial charge in [-0.25, -0.2) is 0 Å². The standard InChI is InChI=1S/C15H16F3N3O3/c1-10-11(4-2-6-13(10)21(23)24)8-20-9-12(5-3-7-22)14(19-20)15(16,17)18/h2,4,6,9,22H,3,5,7-8H2,1H3. The van der Waals surface area contributed by atoms with Crippen LogP contribution in [0.3, 0.4) is 0 Å². The first kappa shape index (κ1) is 17.9. The van der Waals surface area contributed by atoms with Crippen LogP contribution >= 0.6 is 0 Å². The smallest absolute Gasteiger partial charge is 0.396 e. The highest BCUT2D eigenvalue weighted by atomic mass is 19.4. The van der Waals surface area contributed by atoms with E-state index >= 15 is 0 Å². The molecule has 0 aliphatic heterocycles. The molecule has 0 saturated heterocycles. The molecule has 2 aromatic rings. The Morgan fingerprint density at radius 2 is 2.04 bits per heavy atom. The van der Waals surface area contributed by atoms with E-state index in [-0.39, 0.29) is 37.2 Å². The summed E-state index contributed by atoms with van der Waals surface area (Å²) in [5.41, 5.74) is -0.160. The second-order valence-electron chi connectivity index (χ2n) is 5.34. The molecule has 0 radical (unpaired) electrons. The topological polar surface area (TPSA) is 81.2 Å². The predicted molar refractivity (Wildman–Crippen MR) is 79.6 cm³/mol. The summed E-state index contributed by atoms with van der Waals surface area (Å²) in [7, 11) is 0. The van der Waals surface area contributed by atoms with Crippen molar-refractivity contribution in [3.05, 3.63) is 56.9 Å². The monoisotopic (exact) mass is 343 g/mol. The Balaban J connectivity index is 2.35. The average Bonchev–Trinajstić information content (AvgIpc) is 2.90. The second-order valence-corrected chi connectivity index (χ2v) is 5.34. The Morgan fingerprint density at radius 1 is 1.33 bits per heavy atom. The lowest BCUT2D eigenvalue weighted by Crippen LogP contribution is -2.11. The van der Waals surface area contributed by atoms with E-state index in [0.717, 1.165) is 4.68 Å². The lowest BCUT2D eigenvalue weighted by Gasteiger charge is -2.07. The van der Waals surface area contributed by atoms with Crippen LogP contribution in [0.25, 0.3) is 0 Å². The molecule has 2 rings (SSSR count). The highest BCUT2D eigenvalue weighted by Crippen LogP contribution is 2.31. The van der Waals surface area contributed by atoms with Crippen molar-refractivity contribution in [1.29, 1.82) is 0 Å². The van der Waals surface area contributed by atoms with Crippen molar-refractivity contribution in [3.63, 3.8) is 0 Å². The van der Waals surface area contributed by atoms with Gasteiger partial charge in [0, 0.05) is 30.0 Å². The van der Waals surface area contributed by atoms with Gasteiger partial charge in [-0.2, -0.15) is 18.3 Å². The minimum atomic E-state index is -4.59. The number of aliphatic hydroxyl groups is 1. The maximum absolute atomic E-state index is 13.0. The van der Waals surface area contributed by atoms with Crippen LogP contribution in [0.5, 0.6) is 0 Å². The van der Waals surface area contributed by atoms with Crippen LogP contribution in [0.1, 0.15) is 28.8 Å². The van der Waals surface area contributed by atoms with Crippen LogP contribution < -0.4 is 0 Å². The van der Waals surface area contributed by atoms with Gasteiger partial charge in [-0.15, -0.1) is 0 Å². The van der Waals surface area contributed by atoms with E-state index in [4.69, 9.17) is 5.11 Å². The number of rotatable bonds is 6. The molecule has 0 amide bonds. The first-order valence-electron chi connectivity index (χ1n) is 7.21. The molecule has 130 valence electrons. The molecule has 0 aliphatic rings. The summed E-state index contributed by atoms with van der Waals surface area (Å²) in [4.78, 5) is 10.4. The van der Waals surface area contributed by atoms with Crippen molar-refractivity contribution in [2.45, 2.75) is 32.5 Å². The molecule has 0 aliphatic carbocycles. The Kier molecular flexibility index (Phi) is 5.23. The molecule has 1 N–H and O–H groups in total. The van der Waals surface area contributed by atoms with Gasteiger partial charge in [0.1, 0.15) is 0 Å². The molecule has 1 aromatic heterocycles. The van der Waals surface area contributed by atoms with Crippen molar-refractivity contribution in [3.8, 4) is 0 Å². The van der Waals surface area contributed by atoms with E-state index in [0.29, 0.717) is 11.1 Å². The molecule has 0 saturated carbocycles. The van der Waals surface area contributed by atoms with Crippen molar-refractivity contribution in [2.24, 2.45) is 0 Å². The van der Waals surface area contributed by atoms with Gasteiger partial charge in [0.2, 0.25) is 0 Å². The fraction of sp³-hybridized carbons (Fsp3) is 0.400. The summed E-state index contributed by atoms with van der Waals surface area (Å²) in [6.45, 7) is 1.33. The fourth-order valence-corrected chi connectivity index (χ4v) is 2.45. The van der Waals surface area contributed by atoms with Crippen LogP contribution in [0.4, 0.5) is 18.9 Å². The van der Waals surface area contributed by atoms with Gasteiger partial charge in [-0.1, -0.05) is 12.1 Å². The lowest BCUT2D eigenvalue weighted by atomic mass is 10.1. The summed E-state index contributed by atoms with van der Waals surface area (Å²) < 4.78 is 40.3. The van der Waals surface area contributed by atoms with Crippen LogP contribution in [0.2, 0.25) is 0 Å². The Labute approximate surface area is 135 Å². The van der Waals surface area contributed by atoms with Crippen LogP contribution in [0, 0.1) is 17.0 Å². The van der Waals surface area contributed by atoms with Gasteiger partial charge in [0.15, 0.2) is 5.69 Å². The maximum Gasteiger partial charge on any atom is 0.435 e. The lowest BCUT2D eigenvalue weighted by molar-refractivity contribution is -0.385. The summed E-state index contributed by atoms with van der Waals surface area (Å²) in [6.07, 6.45) is -3.06. The first-order chi connectivity index (χ1) is 11.2. The molecule has 6 nitrogen and oxygen atoms in total. The third-order valence-electron chi connectivity index (χ3n) is 3.66. The number of benzene rings is 1. The molecule has 0 bridgehead atoms. The van der Waals surface area contributed by atoms with E-state index in [2.05, 4.69) is 5.10 Å². The zero-order valence-corrected chi connectivity index (χ0v) is 12.9. The fourth-order valence-electron chi connectivity index (χ4n) is 2.45. The highest BCUT2D eigenvalue weighted by Gasteiger charge is 2.36. The van der Waals surface area contributed by atoms with Crippen LogP contribution in [0.15, 0.2) is 24.4 Å². The zero-order valence-electron chi connectivity index (χ0n) is 12.9. The summed E-state index contributed by atoms with van der Waals surface area (Å²) >= 11 is 0. The molecule has 9 heteroatoms. The number of aryl methyl sites for hydroxylation is 1. The number of nitrogens with zero attached hydrogens (tertiary/aromatic N) is 3. The Morgan fingerprint density at radius 3 is 2.62 bits per heavy atom. The van der Waals surface area contributed by atoms with Gasteiger partial charge < -0.3 is 5.11 Å². The Bertz CT molecular complexity index is 741. The summed E-state index contributed by atoms with van der Waals surface area (Å²) in [5, 5.41) is 23.3. The first-order valence-corrected chi connectivity index (χ1v) is 7.21.